The molecule has 0 atom stereocenters. The smallest absolute Gasteiger partial charge is 0.506 e. The molecule has 0 fully saturated rings. The van der Waals surface area contributed by atoms with E-state index in [1.807, 2.05) is 0 Å². The molecule has 1 aromatic rings. The van der Waals surface area contributed by atoms with Crippen molar-refractivity contribution in [2.45, 2.75) is 19.7 Å². The van der Waals surface area contributed by atoms with Gasteiger partial charge < -0.3 is 9.84 Å². The minimum Gasteiger partial charge on any atom is -0.506 e. The molecule has 0 spiro atoms. The Morgan fingerprint density at radius 3 is 2.38 bits per heavy atom. The molecule has 0 aliphatic rings. The number of aromatic hydroxyl groups is 1. The van der Waals surface area contributed by atoms with Crippen LogP contribution in [-0.4, -0.2) is 16.5 Å². The van der Waals surface area contributed by atoms with E-state index in [1.54, 1.807) is 0 Å². The molecule has 0 saturated heterocycles. The van der Waals surface area contributed by atoms with Crippen LogP contribution in [0.1, 0.15) is 17.7 Å². The summed E-state index contributed by atoms with van der Waals surface area (Å²) in [6.07, 6.45) is -8.20. The highest BCUT2D eigenvalue weighted by Crippen LogP contribution is 2.33. The Kier molecular flexibility index (Phi) is 3.20. The molecular weight excluding hydrogens is 237 g/mol. The summed E-state index contributed by atoms with van der Waals surface area (Å²) in [4.78, 5) is 2.88. The van der Waals surface area contributed by atoms with Crippen molar-refractivity contribution < 1.29 is 31.8 Å². The molecule has 1 N–H and O–H groups in total. The normalized spacial score (nSPS) is 11.9. The van der Waals surface area contributed by atoms with Gasteiger partial charge in [-0.3, -0.25) is 0 Å². The molecule has 0 amide bonds. The van der Waals surface area contributed by atoms with Crippen molar-refractivity contribution in [1.82, 2.24) is 4.98 Å². The Hall–Kier alpha value is -1.60. The van der Waals surface area contributed by atoms with Crippen LogP contribution in [0.3, 0.4) is 0 Å². The van der Waals surface area contributed by atoms with Gasteiger partial charge in [0.15, 0.2) is 5.69 Å². The van der Waals surface area contributed by atoms with Gasteiger partial charge in [-0.05, 0) is 12.5 Å². The van der Waals surface area contributed by atoms with E-state index >= 15 is 0 Å². The zero-order chi connectivity index (χ0) is 12.5. The van der Waals surface area contributed by atoms with Gasteiger partial charge >= 0.3 is 6.36 Å². The third-order valence-electron chi connectivity index (χ3n) is 1.61. The minimum atomic E-state index is -5.02. The lowest BCUT2D eigenvalue weighted by Gasteiger charge is -2.11. The number of nitrogens with zero attached hydrogens (tertiary/aromatic N) is 1. The molecule has 0 aromatic carbocycles. The topological polar surface area (TPSA) is 42.4 Å². The lowest BCUT2D eigenvalue weighted by molar-refractivity contribution is -0.276. The number of halogens is 5. The second-order valence-corrected chi connectivity index (χ2v) is 2.86. The number of hydrogen-bond donors (Lipinski definition) is 1. The molecule has 0 saturated carbocycles. The Bertz CT molecular complexity index is 391. The average Bonchev–Trinajstić information content (AvgIpc) is 2.07. The summed E-state index contributed by atoms with van der Waals surface area (Å²) >= 11 is 0. The van der Waals surface area contributed by atoms with E-state index in [9.17, 15) is 22.0 Å². The number of hydrogen-bond acceptors (Lipinski definition) is 3. The number of aromatic nitrogens is 1. The second kappa shape index (κ2) is 4.11. The standard InChI is InChI=1S/C8H6F5NO2/c1-3-2-4(16-8(11,12)13)14-5(6(3)15)7(9)10/h2,7,15H,1H3. The molecule has 0 aliphatic carbocycles. The van der Waals surface area contributed by atoms with Crippen LogP contribution in [0.5, 0.6) is 11.6 Å². The lowest BCUT2D eigenvalue weighted by atomic mass is 10.2. The first-order valence-electron chi connectivity index (χ1n) is 3.95. The molecule has 3 nitrogen and oxygen atoms in total. The van der Waals surface area contributed by atoms with Crippen LogP contribution in [0.4, 0.5) is 22.0 Å². The quantitative estimate of drug-likeness (QED) is 0.812. The highest BCUT2D eigenvalue weighted by atomic mass is 19.4. The highest BCUT2D eigenvalue weighted by molar-refractivity contribution is 5.39. The van der Waals surface area contributed by atoms with E-state index in [4.69, 9.17) is 5.11 Å². The summed E-state index contributed by atoms with van der Waals surface area (Å²) < 4.78 is 63.3. The fraction of sp³-hybridized carbons (Fsp3) is 0.375. The lowest BCUT2D eigenvalue weighted by Crippen LogP contribution is -2.18. The minimum absolute atomic E-state index is 0.176. The van der Waals surface area contributed by atoms with Gasteiger partial charge in [0, 0.05) is 6.07 Å². The zero-order valence-corrected chi connectivity index (χ0v) is 7.85. The Morgan fingerprint density at radius 1 is 1.38 bits per heavy atom. The van der Waals surface area contributed by atoms with Crippen LogP contribution in [0.2, 0.25) is 0 Å². The second-order valence-electron chi connectivity index (χ2n) is 2.86. The molecule has 0 radical (unpaired) electrons. The van der Waals surface area contributed by atoms with Crippen molar-refractivity contribution in [3.63, 3.8) is 0 Å². The third-order valence-corrected chi connectivity index (χ3v) is 1.61. The van der Waals surface area contributed by atoms with Crippen molar-refractivity contribution in [3.05, 3.63) is 17.3 Å². The number of ether oxygens (including phenoxy) is 1. The third kappa shape index (κ3) is 2.94. The molecule has 8 heteroatoms. The fourth-order valence-electron chi connectivity index (χ4n) is 0.983. The van der Waals surface area contributed by atoms with Crippen LogP contribution >= 0.6 is 0 Å². The van der Waals surface area contributed by atoms with Gasteiger partial charge in [-0.25, -0.2) is 13.8 Å². The van der Waals surface area contributed by atoms with Crippen molar-refractivity contribution in [2.24, 2.45) is 0 Å². The summed E-state index contributed by atoms with van der Waals surface area (Å²) in [6, 6.07) is 0.717. The highest BCUT2D eigenvalue weighted by Gasteiger charge is 2.32. The van der Waals surface area contributed by atoms with Gasteiger partial charge in [0.25, 0.3) is 6.43 Å². The first kappa shape index (κ1) is 12.5. The maximum atomic E-state index is 12.3. The Labute approximate surface area is 86.5 Å². The summed E-state index contributed by atoms with van der Waals surface area (Å²) in [6.45, 7) is 1.16. The van der Waals surface area contributed by atoms with E-state index in [0.717, 1.165) is 6.92 Å². The van der Waals surface area contributed by atoms with Gasteiger partial charge in [0.05, 0.1) is 0 Å². The zero-order valence-electron chi connectivity index (χ0n) is 7.85. The molecule has 1 aromatic heterocycles. The predicted molar refractivity (Wildman–Crippen MR) is 42.3 cm³/mol. The van der Waals surface area contributed by atoms with E-state index in [1.165, 1.54) is 0 Å². The molecule has 16 heavy (non-hydrogen) atoms. The van der Waals surface area contributed by atoms with Gasteiger partial charge in [-0.15, -0.1) is 13.2 Å². The maximum absolute atomic E-state index is 12.3. The number of pyridine rings is 1. The van der Waals surface area contributed by atoms with Crippen LogP contribution in [0.15, 0.2) is 6.07 Å². The molecule has 90 valence electrons. The van der Waals surface area contributed by atoms with E-state index in [-0.39, 0.29) is 5.56 Å². The molecule has 0 bridgehead atoms. The van der Waals surface area contributed by atoms with Crippen LogP contribution < -0.4 is 4.74 Å². The van der Waals surface area contributed by atoms with Crippen molar-refractivity contribution >= 4 is 0 Å². The van der Waals surface area contributed by atoms with Crippen LogP contribution in [0.25, 0.3) is 0 Å². The SMILES string of the molecule is Cc1cc(OC(F)(F)F)nc(C(F)F)c1O. The largest absolute Gasteiger partial charge is 0.574 e. The maximum Gasteiger partial charge on any atom is 0.574 e. The predicted octanol–water partition coefficient (Wildman–Crippen LogP) is 2.93. The van der Waals surface area contributed by atoms with Gasteiger partial charge in [0.1, 0.15) is 5.75 Å². The Balaban J connectivity index is 3.14. The molecule has 1 heterocycles. The number of alkyl halides is 5. The average molecular weight is 243 g/mol. The fourth-order valence-corrected chi connectivity index (χ4v) is 0.983. The molecule has 0 aliphatic heterocycles. The van der Waals surface area contributed by atoms with Gasteiger partial charge in [-0.2, -0.15) is 0 Å². The van der Waals surface area contributed by atoms with E-state index in [2.05, 4.69) is 9.72 Å². The summed E-state index contributed by atoms with van der Waals surface area (Å²) in [5.41, 5.74) is -1.32. The summed E-state index contributed by atoms with van der Waals surface area (Å²) in [5, 5.41) is 9.11. The molecule has 1 rings (SSSR count). The summed E-state index contributed by atoms with van der Waals surface area (Å²) in [7, 11) is 0. The number of aryl methyl sites for hydroxylation is 1. The van der Waals surface area contributed by atoms with Crippen molar-refractivity contribution in [2.75, 3.05) is 0 Å². The van der Waals surface area contributed by atoms with Crippen molar-refractivity contribution in [1.29, 1.82) is 0 Å². The molecular formula is C8H6F5NO2. The number of rotatable bonds is 2. The van der Waals surface area contributed by atoms with E-state index < -0.39 is 30.1 Å². The van der Waals surface area contributed by atoms with Gasteiger partial charge in [-0.1, -0.05) is 0 Å². The molecule has 0 unspecified atom stereocenters. The van der Waals surface area contributed by atoms with Crippen molar-refractivity contribution in [3.8, 4) is 11.6 Å². The summed E-state index contributed by atoms with van der Waals surface area (Å²) in [5.74, 6) is -1.87. The van der Waals surface area contributed by atoms with E-state index in [0.29, 0.717) is 6.07 Å². The monoisotopic (exact) mass is 243 g/mol. The first-order chi connectivity index (χ1) is 7.20. The first-order valence-corrected chi connectivity index (χ1v) is 3.95. The van der Waals surface area contributed by atoms with Crippen LogP contribution in [-0.2, 0) is 0 Å². The Morgan fingerprint density at radius 2 is 1.94 bits per heavy atom. The van der Waals surface area contributed by atoms with Crippen LogP contribution in [0, 0.1) is 6.92 Å². The van der Waals surface area contributed by atoms with Gasteiger partial charge in [0.2, 0.25) is 5.88 Å².